The number of hydrogen-bond donors (Lipinski definition) is 2. The summed E-state index contributed by atoms with van der Waals surface area (Å²) in [5, 5.41) is 5.15. The predicted octanol–water partition coefficient (Wildman–Crippen LogP) is 8.04. The van der Waals surface area contributed by atoms with Crippen LogP contribution in [0.25, 0.3) is 0 Å². The van der Waals surface area contributed by atoms with E-state index in [0.717, 1.165) is 44.5 Å². The van der Waals surface area contributed by atoms with Crippen LogP contribution in [0.4, 0.5) is 0 Å². The van der Waals surface area contributed by atoms with Crippen molar-refractivity contribution in [3.8, 4) is 93.4 Å². The highest BCUT2D eigenvalue weighted by atomic mass is 32.1. The quantitative estimate of drug-likeness (QED) is 0.141. The molecule has 48 heavy (non-hydrogen) atoms. The molecular formula is C46H24S2. The molecule has 4 rings (SSSR count). The first-order chi connectivity index (χ1) is 23.4. The van der Waals surface area contributed by atoms with Gasteiger partial charge in [-0.05, 0) is 108 Å². The number of hydrogen-bond acceptors (Lipinski definition) is 2. The summed E-state index contributed by atoms with van der Waals surface area (Å²) in [7, 11) is 0. The summed E-state index contributed by atoms with van der Waals surface area (Å²) in [6, 6.07) is 30.4. The van der Waals surface area contributed by atoms with Gasteiger partial charge >= 0.3 is 0 Å². The van der Waals surface area contributed by atoms with Crippen molar-refractivity contribution in [3.63, 3.8) is 0 Å². The second-order valence-corrected chi connectivity index (χ2v) is 10.2. The molecule has 0 N–H and O–H groups in total. The van der Waals surface area contributed by atoms with Crippen molar-refractivity contribution in [3.05, 3.63) is 178 Å². The Morgan fingerprint density at radius 3 is 0.583 bits per heavy atom. The Bertz CT molecular complexity index is 2220. The Hall–Kier alpha value is -6.72. The minimum atomic E-state index is 0.515. The molecule has 0 unspecified atom stereocenters. The highest BCUT2D eigenvalue weighted by Gasteiger charge is 1.93. The molecule has 0 aromatic heterocycles. The van der Waals surface area contributed by atoms with Gasteiger partial charge in [0.1, 0.15) is 0 Å². The molecule has 0 aliphatic carbocycles. The molecule has 0 saturated carbocycles. The minimum absolute atomic E-state index is 0.515. The van der Waals surface area contributed by atoms with Crippen molar-refractivity contribution in [2.45, 2.75) is 0 Å². The van der Waals surface area contributed by atoms with Gasteiger partial charge in [0.05, 0.1) is 16.7 Å². The second kappa shape index (κ2) is 18.3. The molecule has 0 bridgehead atoms. The van der Waals surface area contributed by atoms with Gasteiger partial charge in [0.15, 0.2) is 0 Å². The van der Waals surface area contributed by atoms with Crippen molar-refractivity contribution in [1.29, 1.82) is 0 Å². The third kappa shape index (κ3) is 12.0. The monoisotopic (exact) mass is 640 g/mol. The zero-order valence-electron chi connectivity index (χ0n) is 25.8. The summed E-state index contributed by atoms with van der Waals surface area (Å²) in [4.78, 5) is 0. The highest BCUT2D eigenvalue weighted by molar-refractivity contribution is 7.85. The number of thiol groups is 2. The maximum atomic E-state index is 3.97. The fraction of sp³-hybridized carbons (Fsp3) is 0. The SMILES string of the molecule is C=C(C#Cc1ccc(C#CS)cc1)C#Cc1ccc(C#CC(=C)C#Cc2ccc(C#CC(=C)C#Cc3ccc(C#CS)cc3)cc2)cc1. The van der Waals surface area contributed by atoms with Crippen LogP contribution in [0.1, 0.15) is 44.5 Å². The Morgan fingerprint density at radius 1 is 0.292 bits per heavy atom. The fourth-order valence-electron chi connectivity index (χ4n) is 3.66. The van der Waals surface area contributed by atoms with Gasteiger partial charge in [-0.25, -0.2) is 0 Å². The van der Waals surface area contributed by atoms with E-state index < -0.39 is 0 Å². The Labute approximate surface area is 295 Å². The third-order valence-electron chi connectivity index (χ3n) is 6.09. The van der Waals surface area contributed by atoms with Gasteiger partial charge in [0.2, 0.25) is 0 Å². The van der Waals surface area contributed by atoms with E-state index in [-0.39, 0.29) is 0 Å². The summed E-state index contributed by atoms with van der Waals surface area (Å²) in [5.74, 6) is 42.2. The lowest BCUT2D eigenvalue weighted by Crippen LogP contribution is -1.80. The van der Waals surface area contributed by atoms with Crippen LogP contribution >= 0.6 is 25.3 Å². The molecule has 0 amide bonds. The third-order valence-corrected chi connectivity index (χ3v) is 6.31. The van der Waals surface area contributed by atoms with E-state index in [9.17, 15) is 0 Å². The lowest BCUT2D eigenvalue weighted by Gasteiger charge is -1.93. The summed E-state index contributed by atoms with van der Waals surface area (Å²) in [6.45, 7) is 11.8. The van der Waals surface area contributed by atoms with Crippen LogP contribution in [0, 0.1) is 93.4 Å². The van der Waals surface area contributed by atoms with E-state index in [1.54, 1.807) is 0 Å². The molecule has 0 nitrogen and oxygen atoms in total. The van der Waals surface area contributed by atoms with Crippen LogP contribution in [-0.2, 0) is 0 Å². The second-order valence-electron chi connectivity index (χ2n) is 9.72. The van der Waals surface area contributed by atoms with Crippen molar-refractivity contribution in [2.24, 2.45) is 0 Å². The Balaban J connectivity index is 1.28. The molecule has 0 saturated heterocycles. The Morgan fingerprint density at radius 2 is 0.438 bits per heavy atom. The van der Waals surface area contributed by atoms with Gasteiger partial charge in [-0.2, -0.15) is 0 Å². The highest BCUT2D eigenvalue weighted by Crippen LogP contribution is 2.06. The van der Waals surface area contributed by atoms with Crippen LogP contribution in [0.5, 0.6) is 0 Å². The van der Waals surface area contributed by atoms with E-state index in [1.807, 2.05) is 97.1 Å². The van der Waals surface area contributed by atoms with Gasteiger partial charge < -0.3 is 0 Å². The molecular weight excluding hydrogens is 617 g/mol. The summed E-state index contributed by atoms with van der Waals surface area (Å²) in [5.41, 5.74) is 8.40. The first-order valence-corrected chi connectivity index (χ1v) is 15.2. The Kier molecular flexibility index (Phi) is 13.0. The number of benzene rings is 4. The minimum Gasteiger partial charge on any atom is -0.0918 e. The fourth-order valence-corrected chi connectivity index (χ4v) is 3.91. The molecule has 0 heterocycles. The smallest absolute Gasteiger partial charge is 0.0679 e. The molecule has 0 radical (unpaired) electrons. The van der Waals surface area contributed by atoms with Crippen LogP contribution in [0.2, 0.25) is 0 Å². The van der Waals surface area contributed by atoms with Crippen molar-refractivity contribution in [2.75, 3.05) is 0 Å². The van der Waals surface area contributed by atoms with Crippen LogP contribution < -0.4 is 0 Å². The largest absolute Gasteiger partial charge is 0.0918 e. The zero-order valence-corrected chi connectivity index (χ0v) is 27.5. The van der Waals surface area contributed by atoms with Gasteiger partial charge in [-0.1, -0.05) is 128 Å². The van der Waals surface area contributed by atoms with Crippen molar-refractivity contribution < 1.29 is 0 Å². The summed E-state index contributed by atoms with van der Waals surface area (Å²) in [6.07, 6.45) is 0. The van der Waals surface area contributed by atoms with Gasteiger partial charge in [0.25, 0.3) is 0 Å². The number of allylic oxidation sites excluding steroid dienone is 3. The predicted molar refractivity (Wildman–Crippen MR) is 206 cm³/mol. The maximum absolute atomic E-state index is 3.97. The van der Waals surface area contributed by atoms with E-state index in [4.69, 9.17) is 0 Å². The molecule has 0 aliphatic heterocycles. The van der Waals surface area contributed by atoms with Gasteiger partial charge in [0, 0.05) is 44.5 Å². The first-order valence-electron chi connectivity index (χ1n) is 14.3. The maximum Gasteiger partial charge on any atom is 0.0679 e. The van der Waals surface area contributed by atoms with Crippen LogP contribution in [-0.4, -0.2) is 0 Å². The topological polar surface area (TPSA) is 0 Å². The molecule has 0 spiro atoms. The number of rotatable bonds is 0. The standard InChI is InChI=1S/C46H24S2/c1-36(4-10-39-16-20-41(21-17-39)12-6-37(2)8-14-43-24-28-45(29-25-43)32-34-47)5-11-40-18-22-42(23-19-40)13-7-38(3)9-15-44-26-30-46(31-27-44)33-35-48/h16-31,47-48H,1-3H2. The summed E-state index contributed by atoms with van der Waals surface area (Å²) >= 11 is 7.81. The molecule has 2 heteroatoms. The normalized spacial score (nSPS) is 8.38. The van der Waals surface area contributed by atoms with Crippen molar-refractivity contribution in [1.82, 2.24) is 0 Å². The molecule has 0 atom stereocenters. The lowest BCUT2D eigenvalue weighted by atomic mass is 10.1. The van der Waals surface area contributed by atoms with E-state index in [0.29, 0.717) is 16.7 Å². The van der Waals surface area contributed by atoms with Crippen molar-refractivity contribution >= 4 is 25.3 Å². The zero-order chi connectivity index (χ0) is 34.0. The van der Waals surface area contributed by atoms with E-state index in [2.05, 4.69) is 138 Å². The molecule has 4 aromatic carbocycles. The average molecular weight is 641 g/mol. The molecule has 0 aliphatic rings. The van der Waals surface area contributed by atoms with Gasteiger partial charge in [-0.15, -0.1) is 0 Å². The van der Waals surface area contributed by atoms with Crippen LogP contribution in [0.15, 0.2) is 134 Å². The summed E-state index contributed by atoms with van der Waals surface area (Å²) < 4.78 is 0. The van der Waals surface area contributed by atoms with E-state index in [1.165, 1.54) is 0 Å². The average Bonchev–Trinajstić information content (AvgIpc) is 3.12. The van der Waals surface area contributed by atoms with E-state index >= 15 is 0 Å². The molecule has 220 valence electrons. The molecule has 0 fully saturated rings. The van der Waals surface area contributed by atoms with Crippen LogP contribution in [0.3, 0.4) is 0 Å². The van der Waals surface area contributed by atoms with Gasteiger partial charge in [-0.3, -0.25) is 0 Å². The molecule has 4 aromatic rings. The first kappa shape index (κ1) is 34.2. The lowest BCUT2D eigenvalue weighted by molar-refractivity contribution is 1.59.